The molecule has 0 atom stereocenters. The van der Waals surface area contributed by atoms with E-state index in [2.05, 4.69) is 9.97 Å². The van der Waals surface area contributed by atoms with E-state index in [4.69, 9.17) is 16.3 Å². The largest absolute Gasteiger partial charge is 0.454 e. The van der Waals surface area contributed by atoms with Crippen LogP contribution in [0.1, 0.15) is 41.0 Å². The third-order valence-corrected chi connectivity index (χ3v) is 7.69. The molecule has 3 aromatic rings. The number of benzene rings is 2. The van der Waals surface area contributed by atoms with E-state index in [1.165, 1.54) is 16.4 Å². The number of hydrogen-bond acceptors (Lipinski definition) is 6. The molecule has 0 bridgehead atoms. The molecule has 1 aliphatic rings. The Kier molecular flexibility index (Phi) is 6.32. The van der Waals surface area contributed by atoms with Crippen molar-refractivity contribution in [3.05, 3.63) is 68.7 Å². The van der Waals surface area contributed by atoms with Gasteiger partial charge in [0.1, 0.15) is 12.4 Å². The Hall–Kier alpha value is -2.75. The quantitative estimate of drug-likeness (QED) is 0.566. The summed E-state index contributed by atoms with van der Waals surface area (Å²) in [6.45, 7) is 2.36. The zero-order valence-electron chi connectivity index (χ0n) is 17.4. The number of aromatic nitrogens is 2. The maximum Gasteiger partial charge on any atom is 0.338 e. The van der Waals surface area contributed by atoms with Gasteiger partial charge >= 0.3 is 5.97 Å². The highest BCUT2D eigenvalue weighted by Gasteiger charge is 2.28. The monoisotopic (exact) mass is 475 g/mol. The number of H-pyrrole nitrogens is 1. The Morgan fingerprint density at radius 3 is 2.66 bits per heavy atom. The van der Waals surface area contributed by atoms with Crippen LogP contribution in [0.3, 0.4) is 0 Å². The van der Waals surface area contributed by atoms with Gasteiger partial charge in [0.05, 0.1) is 21.4 Å². The number of hydrogen-bond donors (Lipinski definition) is 1. The minimum Gasteiger partial charge on any atom is -0.454 e. The first-order valence-corrected chi connectivity index (χ1v) is 12.0. The maximum absolute atomic E-state index is 13.1. The molecule has 32 heavy (non-hydrogen) atoms. The van der Waals surface area contributed by atoms with Gasteiger partial charge in [-0.05, 0) is 55.7 Å². The van der Waals surface area contributed by atoms with Crippen molar-refractivity contribution >= 4 is 38.5 Å². The van der Waals surface area contributed by atoms with Crippen molar-refractivity contribution in [3.63, 3.8) is 0 Å². The van der Waals surface area contributed by atoms with Crippen molar-refractivity contribution in [2.45, 2.75) is 37.7 Å². The SMILES string of the molecule is Cc1ccc(C(=O)OCc2nc3cc(Cl)ccc3c(=O)[nH]2)cc1S(=O)(=O)N1CCCCC1. The molecule has 1 aliphatic heterocycles. The number of nitrogens with zero attached hydrogens (tertiary/aromatic N) is 2. The highest BCUT2D eigenvalue weighted by Crippen LogP contribution is 2.25. The molecule has 10 heteroatoms. The average Bonchev–Trinajstić information content (AvgIpc) is 2.78. The maximum atomic E-state index is 13.1. The lowest BCUT2D eigenvalue weighted by Crippen LogP contribution is -2.36. The topological polar surface area (TPSA) is 109 Å². The number of halogens is 1. The van der Waals surface area contributed by atoms with Crippen molar-refractivity contribution < 1.29 is 17.9 Å². The summed E-state index contributed by atoms with van der Waals surface area (Å²) in [5, 5.41) is 0.802. The zero-order valence-corrected chi connectivity index (χ0v) is 19.0. The number of rotatable bonds is 5. The van der Waals surface area contributed by atoms with E-state index in [1.807, 2.05) is 0 Å². The second kappa shape index (κ2) is 9.01. The summed E-state index contributed by atoms with van der Waals surface area (Å²) in [5.74, 6) is -0.555. The van der Waals surface area contributed by atoms with E-state index in [9.17, 15) is 18.0 Å². The summed E-state index contributed by atoms with van der Waals surface area (Å²) in [6.07, 6.45) is 2.65. The van der Waals surface area contributed by atoms with Gasteiger partial charge < -0.3 is 9.72 Å². The smallest absolute Gasteiger partial charge is 0.338 e. The van der Waals surface area contributed by atoms with Crippen molar-refractivity contribution in [2.24, 2.45) is 0 Å². The molecule has 0 saturated carbocycles. The molecule has 2 aromatic carbocycles. The van der Waals surface area contributed by atoms with Crippen molar-refractivity contribution in [3.8, 4) is 0 Å². The summed E-state index contributed by atoms with van der Waals surface area (Å²) in [4.78, 5) is 31.8. The summed E-state index contributed by atoms with van der Waals surface area (Å²) in [6, 6.07) is 9.16. The Morgan fingerprint density at radius 1 is 1.16 bits per heavy atom. The highest BCUT2D eigenvalue weighted by molar-refractivity contribution is 7.89. The summed E-state index contributed by atoms with van der Waals surface area (Å²) in [5.41, 5.74) is 0.683. The number of carbonyl (C=O) groups excluding carboxylic acids is 1. The van der Waals surface area contributed by atoms with Crippen LogP contribution in [0.15, 0.2) is 46.1 Å². The van der Waals surface area contributed by atoms with Gasteiger partial charge in [-0.1, -0.05) is 24.1 Å². The number of piperidine rings is 1. The van der Waals surface area contributed by atoms with Crippen molar-refractivity contribution in [1.82, 2.24) is 14.3 Å². The van der Waals surface area contributed by atoms with Crippen LogP contribution in [0, 0.1) is 6.92 Å². The number of carbonyl (C=O) groups is 1. The Labute approximate surface area is 190 Å². The number of fused-ring (bicyclic) bond motifs is 1. The van der Waals surface area contributed by atoms with Gasteiger partial charge in [0, 0.05) is 18.1 Å². The molecule has 168 valence electrons. The Morgan fingerprint density at radius 2 is 1.91 bits per heavy atom. The first-order valence-electron chi connectivity index (χ1n) is 10.2. The Balaban J connectivity index is 1.55. The number of aromatic amines is 1. The van der Waals surface area contributed by atoms with Crippen LogP contribution >= 0.6 is 11.6 Å². The number of sulfonamides is 1. The molecule has 0 radical (unpaired) electrons. The van der Waals surface area contributed by atoms with Crippen LogP contribution < -0.4 is 5.56 Å². The molecule has 1 fully saturated rings. The van der Waals surface area contributed by atoms with Gasteiger partial charge in [-0.25, -0.2) is 18.2 Å². The average molecular weight is 476 g/mol. The first kappa shape index (κ1) is 22.4. The predicted octanol–water partition coefficient (Wildman–Crippen LogP) is 3.42. The lowest BCUT2D eigenvalue weighted by atomic mass is 10.1. The fourth-order valence-corrected chi connectivity index (χ4v) is 5.63. The minimum absolute atomic E-state index is 0.0979. The van der Waals surface area contributed by atoms with Crippen LogP contribution in [0.25, 0.3) is 10.9 Å². The predicted molar refractivity (Wildman–Crippen MR) is 120 cm³/mol. The van der Waals surface area contributed by atoms with Crippen LogP contribution in [0.2, 0.25) is 5.02 Å². The molecule has 1 saturated heterocycles. The molecule has 8 nitrogen and oxygen atoms in total. The summed E-state index contributed by atoms with van der Waals surface area (Å²) < 4.78 is 32.9. The summed E-state index contributed by atoms with van der Waals surface area (Å²) >= 11 is 5.96. The van der Waals surface area contributed by atoms with Gasteiger partial charge in [-0.15, -0.1) is 0 Å². The third kappa shape index (κ3) is 4.55. The second-order valence-corrected chi connectivity index (χ2v) is 10.0. The van der Waals surface area contributed by atoms with Crippen LogP contribution in [0.5, 0.6) is 0 Å². The van der Waals surface area contributed by atoms with Gasteiger partial charge in [0.25, 0.3) is 5.56 Å². The zero-order chi connectivity index (χ0) is 22.9. The lowest BCUT2D eigenvalue weighted by Gasteiger charge is -2.26. The molecule has 0 unspecified atom stereocenters. The van der Waals surface area contributed by atoms with Crippen molar-refractivity contribution in [1.29, 1.82) is 0 Å². The van der Waals surface area contributed by atoms with E-state index in [0.29, 0.717) is 34.6 Å². The molecule has 4 rings (SSSR count). The molecule has 1 N–H and O–H groups in total. The fraction of sp³-hybridized carbons (Fsp3) is 0.318. The first-order chi connectivity index (χ1) is 15.3. The van der Waals surface area contributed by atoms with Gasteiger partial charge in [-0.2, -0.15) is 4.31 Å². The molecular weight excluding hydrogens is 454 g/mol. The van der Waals surface area contributed by atoms with Crippen LogP contribution in [-0.2, 0) is 21.4 Å². The second-order valence-electron chi connectivity index (χ2n) is 7.70. The van der Waals surface area contributed by atoms with Crippen LogP contribution in [0.4, 0.5) is 0 Å². The van der Waals surface area contributed by atoms with Gasteiger partial charge in [0.15, 0.2) is 0 Å². The minimum atomic E-state index is -3.70. The number of esters is 1. The van der Waals surface area contributed by atoms with Gasteiger partial charge in [-0.3, -0.25) is 4.79 Å². The van der Waals surface area contributed by atoms with E-state index >= 15 is 0 Å². The highest BCUT2D eigenvalue weighted by atomic mass is 35.5. The lowest BCUT2D eigenvalue weighted by molar-refractivity contribution is 0.0462. The summed E-state index contributed by atoms with van der Waals surface area (Å²) in [7, 11) is -3.70. The molecule has 0 amide bonds. The van der Waals surface area contributed by atoms with E-state index < -0.39 is 16.0 Å². The van der Waals surface area contributed by atoms with Crippen LogP contribution in [-0.4, -0.2) is 41.7 Å². The molecule has 2 heterocycles. The van der Waals surface area contributed by atoms with E-state index in [-0.39, 0.29) is 28.4 Å². The number of ether oxygens (including phenoxy) is 1. The Bertz CT molecular complexity index is 1350. The van der Waals surface area contributed by atoms with E-state index in [0.717, 1.165) is 19.3 Å². The molecular formula is C22H22ClN3O5S. The van der Waals surface area contributed by atoms with Crippen molar-refractivity contribution in [2.75, 3.05) is 13.1 Å². The third-order valence-electron chi connectivity index (χ3n) is 5.41. The molecule has 0 aliphatic carbocycles. The standard InChI is InChI=1S/C22H22ClN3O5S/c1-14-5-6-15(11-19(14)32(29,30)26-9-3-2-4-10-26)22(28)31-13-20-24-18-12-16(23)7-8-17(18)21(27)25-20/h5-8,11-12H,2-4,9-10,13H2,1H3,(H,24,25,27). The number of nitrogens with one attached hydrogen (secondary N) is 1. The normalized spacial score (nSPS) is 15.1. The molecule has 0 spiro atoms. The number of aryl methyl sites for hydroxylation is 1. The molecule has 1 aromatic heterocycles. The fourth-order valence-electron chi connectivity index (χ4n) is 3.70. The van der Waals surface area contributed by atoms with Gasteiger partial charge in [0.2, 0.25) is 10.0 Å². The van der Waals surface area contributed by atoms with E-state index in [1.54, 1.807) is 31.2 Å².